The number of hydrogen-bond donors (Lipinski definition) is 5. The highest BCUT2D eigenvalue weighted by molar-refractivity contribution is 5.89. The van der Waals surface area contributed by atoms with Gasteiger partial charge >= 0.3 is 12.1 Å². The van der Waals surface area contributed by atoms with Crippen molar-refractivity contribution in [2.45, 2.75) is 44.1 Å². The number of nitrogens with zero attached hydrogens (tertiary/aromatic N) is 1. The molecule has 0 radical (unpaired) electrons. The second-order valence-corrected chi connectivity index (χ2v) is 14.3. The summed E-state index contributed by atoms with van der Waals surface area (Å²) in [4.78, 5) is 42.3. The van der Waals surface area contributed by atoms with Crippen LogP contribution < -0.4 is 20.9 Å². The van der Waals surface area contributed by atoms with E-state index in [1.54, 1.807) is 24.3 Å². The number of rotatable bonds is 16. The highest BCUT2D eigenvalue weighted by Gasteiger charge is 2.40. The molecule has 5 atom stereocenters. The Labute approximate surface area is 323 Å². The van der Waals surface area contributed by atoms with Crippen molar-refractivity contribution in [2.75, 3.05) is 39.3 Å². The van der Waals surface area contributed by atoms with E-state index in [1.165, 1.54) is 24.3 Å². The van der Waals surface area contributed by atoms with E-state index >= 15 is 4.39 Å². The van der Waals surface area contributed by atoms with Gasteiger partial charge in [0.05, 0.1) is 29.8 Å². The van der Waals surface area contributed by atoms with Gasteiger partial charge in [-0.15, -0.1) is 0 Å². The largest absolute Gasteiger partial charge is 0.506 e. The quantitative estimate of drug-likeness (QED) is 0.0620. The van der Waals surface area contributed by atoms with Crippen LogP contribution >= 0.6 is 0 Å². The van der Waals surface area contributed by atoms with E-state index in [0.717, 1.165) is 37.2 Å². The highest BCUT2D eigenvalue weighted by atomic mass is 19.1. The Morgan fingerprint density at radius 2 is 1.79 bits per heavy atom. The van der Waals surface area contributed by atoms with Gasteiger partial charge in [-0.3, -0.25) is 9.69 Å². The Bertz CT molecular complexity index is 2220. The number of aromatic hydroxyl groups is 1. The summed E-state index contributed by atoms with van der Waals surface area (Å²) in [6.07, 6.45) is 0.735. The van der Waals surface area contributed by atoms with E-state index in [2.05, 4.69) is 20.5 Å². The molecule has 4 aromatic carbocycles. The van der Waals surface area contributed by atoms with Crippen LogP contribution in [0.5, 0.6) is 11.5 Å². The number of alkyl carbamates (subject to hydrolysis) is 1. The van der Waals surface area contributed by atoms with Gasteiger partial charge in [-0.05, 0) is 91.0 Å². The lowest BCUT2D eigenvalue weighted by Gasteiger charge is -2.25. The van der Waals surface area contributed by atoms with Crippen LogP contribution in [0.25, 0.3) is 10.9 Å². The first-order chi connectivity index (χ1) is 27.2. The minimum Gasteiger partial charge on any atom is -0.506 e. The van der Waals surface area contributed by atoms with Gasteiger partial charge in [0, 0.05) is 37.0 Å². The van der Waals surface area contributed by atoms with Crippen LogP contribution in [0, 0.1) is 11.7 Å². The van der Waals surface area contributed by atoms with Gasteiger partial charge < -0.3 is 40.0 Å². The number of H-pyrrole nitrogens is 1. The fourth-order valence-electron chi connectivity index (χ4n) is 7.42. The third kappa shape index (κ3) is 9.36. The molecule has 2 aliphatic rings. The summed E-state index contributed by atoms with van der Waals surface area (Å²) >= 11 is 0. The lowest BCUT2D eigenvalue weighted by atomic mass is 9.98. The van der Waals surface area contributed by atoms with E-state index < -0.39 is 30.0 Å². The van der Waals surface area contributed by atoms with Crippen LogP contribution in [0.4, 0.5) is 9.18 Å². The number of aromatic amines is 1. The molecule has 5 N–H and O–H groups in total. The Morgan fingerprint density at radius 3 is 2.57 bits per heavy atom. The molecule has 2 saturated heterocycles. The van der Waals surface area contributed by atoms with Crippen LogP contribution in [0.2, 0.25) is 0 Å². The number of halogens is 1. The maximum Gasteiger partial charge on any atom is 0.408 e. The molecule has 292 valence electrons. The molecule has 13 heteroatoms. The summed E-state index contributed by atoms with van der Waals surface area (Å²) < 4.78 is 32.2. The van der Waals surface area contributed by atoms with E-state index in [4.69, 9.17) is 14.2 Å². The number of phenols is 1. The number of aliphatic hydroxyl groups excluding tert-OH is 1. The molecule has 2 aliphatic heterocycles. The summed E-state index contributed by atoms with van der Waals surface area (Å²) in [5.74, 6) is -0.655. The molecule has 12 nitrogen and oxygen atoms in total. The van der Waals surface area contributed by atoms with Crippen LogP contribution in [-0.2, 0) is 16.1 Å². The Morgan fingerprint density at radius 1 is 0.946 bits per heavy atom. The molecule has 1 aromatic heterocycles. The summed E-state index contributed by atoms with van der Waals surface area (Å²) in [7, 11) is 0. The number of amides is 1. The molecule has 0 spiro atoms. The molecule has 4 unspecified atom stereocenters. The van der Waals surface area contributed by atoms with E-state index in [0.29, 0.717) is 47.6 Å². The number of piperidine rings is 1. The van der Waals surface area contributed by atoms with Crippen molar-refractivity contribution >= 4 is 23.0 Å². The molecule has 7 rings (SSSR count). The summed E-state index contributed by atoms with van der Waals surface area (Å²) in [5.41, 5.74) is 2.50. The van der Waals surface area contributed by atoms with Crippen molar-refractivity contribution in [2.24, 2.45) is 5.92 Å². The molecule has 1 amide bonds. The molecule has 2 fully saturated rings. The molecule has 2 bridgehead atoms. The Balaban J connectivity index is 0.859. The second kappa shape index (κ2) is 17.8. The molecule has 3 heterocycles. The lowest BCUT2D eigenvalue weighted by molar-refractivity contribution is 0.0492. The SMILES string of the molecule is O=C(NC(c1ccccc1)c1cccc(OCc2ccc(C(=O)OCCCCNCC(O)c3ccc(O)c4[nH]c(=O)ccc34)c(F)c2)c1)O[C@H]1CN2CCC1C2. The van der Waals surface area contributed by atoms with Crippen molar-refractivity contribution in [3.05, 3.63) is 141 Å². The number of nitrogens with one attached hydrogen (secondary N) is 3. The van der Waals surface area contributed by atoms with Gasteiger partial charge in [-0.2, -0.15) is 0 Å². The van der Waals surface area contributed by atoms with Crippen molar-refractivity contribution in [3.63, 3.8) is 0 Å². The van der Waals surface area contributed by atoms with E-state index in [1.807, 2.05) is 48.5 Å². The monoisotopic (exact) mass is 764 g/mol. The number of carbonyl (C=O) groups is 2. The third-order valence-corrected chi connectivity index (χ3v) is 10.4. The summed E-state index contributed by atoms with van der Waals surface area (Å²) in [5, 5.41) is 27.5. The first-order valence-electron chi connectivity index (χ1n) is 18.9. The summed E-state index contributed by atoms with van der Waals surface area (Å²) in [6.45, 7) is 3.69. The number of esters is 1. The predicted molar refractivity (Wildman–Crippen MR) is 207 cm³/mol. The molecule has 56 heavy (non-hydrogen) atoms. The number of aromatic nitrogens is 1. The van der Waals surface area contributed by atoms with Crippen molar-refractivity contribution in [1.29, 1.82) is 0 Å². The maximum atomic E-state index is 15.1. The minimum atomic E-state index is -0.885. The number of pyridine rings is 1. The predicted octanol–water partition coefficient (Wildman–Crippen LogP) is 5.73. The van der Waals surface area contributed by atoms with Crippen molar-refractivity contribution in [1.82, 2.24) is 20.5 Å². The summed E-state index contributed by atoms with van der Waals surface area (Å²) in [6, 6.07) is 26.7. The molecular weight excluding hydrogens is 719 g/mol. The Kier molecular flexibility index (Phi) is 12.2. The number of hydrogen-bond acceptors (Lipinski definition) is 10. The lowest BCUT2D eigenvalue weighted by Crippen LogP contribution is -2.37. The second-order valence-electron chi connectivity index (χ2n) is 14.3. The number of aliphatic hydroxyl groups is 1. The zero-order valence-electron chi connectivity index (χ0n) is 30.8. The number of fused-ring (bicyclic) bond motifs is 3. The van der Waals surface area contributed by atoms with Gasteiger partial charge in [0.15, 0.2) is 0 Å². The topological polar surface area (TPSA) is 162 Å². The first-order valence-corrected chi connectivity index (χ1v) is 18.9. The fourth-order valence-corrected chi connectivity index (χ4v) is 7.42. The Hall–Kier alpha value is -5.76. The van der Waals surface area contributed by atoms with Gasteiger partial charge in [0.1, 0.15) is 30.0 Å². The standard InChI is InChI=1S/C43H45FN4O8/c44-35-21-27(11-12-34(35)42(52)54-20-5-4-18-45-23-37(50)32-13-15-36(49)41-33(32)14-16-39(51)46-41)26-55-31-10-6-9-29(22-31)40(28-7-2-1-3-8-28)47-43(53)56-38-25-48-19-17-30(38)24-48/h1-3,6-16,21-22,30,37-38,40,45,49-50H,4-5,17-20,23-26H2,(H,46,51)(H,47,53)/t30?,37?,38-,40?/m0/s1. The van der Waals surface area contributed by atoms with Crippen LogP contribution in [0.3, 0.4) is 0 Å². The molecular formula is C43H45FN4O8. The van der Waals surface area contributed by atoms with Gasteiger partial charge in [0.25, 0.3) is 0 Å². The average Bonchev–Trinajstić information content (AvgIpc) is 3.83. The maximum absolute atomic E-state index is 15.1. The van der Waals surface area contributed by atoms with Crippen LogP contribution in [0.15, 0.2) is 102 Å². The first kappa shape index (κ1) is 38.5. The smallest absolute Gasteiger partial charge is 0.408 e. The fraction of sp³-hybridized carbons (Fsp3) is 0.326. The van der Waals surface area contributed by atoms with E-state index in [-0.39, 0.29) is 48.3 Å². The minimum absolute atomic E-state index is 0.0466. The normalized spacial score (nSPS) is 18.4. The third-order valence-electron chi connectivity index (χ3n) is 10.4. The number of benzene rings is 4. The van der Waals surface area contributed by atoms with Crippen LogP contribution in [0.1, 0.15) is 64.0 Å². The van der Waals surface area contributed by atoms with Crippen molar-refractivity contribution < 1.29 is 38.4 Å². The van der Waals surface area contributed by atoms with E-state index in [9.17, 15) is 24.6 Å². The number of ether oxygens (including phenoxy) is 3. The van der Waals surface area contributed by atoms with Gasteiger partial charge in [-0.25, -0.2) is 14.0 Å². The zero-order chi connectivity index (χ0) is 39.0. The van der Waals surface area contributed by atoms with Crippen LogP contribution in [-0.4, -0.2) is 77.6 Å². The zero-order valence-corrected chi connectivity index (χ0v) is 30.8. The highest BCUT2D eigenvalue weighted by Crippen LogP contribution is 2.32. The molecule has 0 saturated carbocycles. The average molecular weight is 765 g/mol. The van der Waals surface area contributed by atoms with Gasteiger partial charge in [0.2, 0.25) is 5.56 Å². The molecule has 0 aliphatic carbocycles. The number of unbranched alkanes of at least 4 members (excludes halogenated alkanes) is 1. The number of carbonyl (C=O) groups excluding carboxylic acids is 2. The molecule has 5 aromatic rings. The number of phenolic OH excluding ortho intramolecular Hbond substituents is 1. The van der Waals surface area contributed by atoms with Crippen molar-refractivity contribution in [3.8, 4) is 11.5 Å². The van der Waals surface area contributed by atoms with Gasteiger partial charge in [-0.1, -0.05) is 54.6 Å².